The van der Waals surface area contributed by atoms with Crippen molar-refractivity contribution in [2.75, 3.05) is 5.32 Å². The lowest BCUT2D eigenvalue weighted by Crippen LogP contribution is -2.23. The van der Waals surface area contributed by atoms with E-state index < -0.39 is 0 Å². The van der Waals surface area contributed by atoms with Crippen molar-refractivity contribution in [2.45, 2.75) is 33.7 Å². The van der Waals surface area contributed by atoms with Crippen LogP contribution in [0.25, 0.3) is 0 Å². The van der Waals surface area contributed by atoms with Crippen molar-refractivity contribution in [3.05, 3.63) is 49.9 Å². The Morgan fingerprint density at radius 2 is 1.90 bits per heavy atom. The van der Waals surface area contributed by atoms with Gasteiger partial charge in [-0.2, -0.15) is 0 Å². The Morgan fingerprint density at radius 3 is 2.50 bits per heavy atom. The highest BCUT2D eigenvalue weighted by Crippen LogP contribution is 2.22. The van der Waals surface area contributed by atoms with Crippen molar-refractivity contribution in [2.24, 2.45) is 0 Å². The highest BCUT2D eigenvalue weighted by molar-refractivity contribution is 9.10. The number of nitrogens with one attached hydrogen (secondary N) is 2. The van der Waals surface area contributed by atoms with E-state index in [2.05, 4.69) is 36.2 Å². The Hall–Kier alpha value is -1.69. The van der Waals surface area contributed by atoms with Crippen LogP contribution in [0, 0.1) is 20.8 Å². The largest absolute Gasteiger partial charge is 0.377 e. The standard InChI is InChI=1S/C14H17BrN4O/c1-7-11(5-6-12(15)18-7)17-9(3)13-8(2)16-10(4)19-14(13)20/h5-6,9,17H,1-4H3,(H,16,19,20). The third-order valence-electron chi connectivity index (χ3n) is 3.12. The molecule has 0 fully saturated rings. The van der Waals surface area contributed by atoms with Gasteiger partial charge in [-0.05, 0) is 55.8 Å². The first kappa shape index (κ1) is 14.7. The minimum absolute atomic E-state index is 0.0993. The quantitative estimate of drug-likeness (QED) is 0.845. The first-order valence-electron chi connectivity index (χ1n) is 6.35. The fraction of sp³-hybridized carbons (Fsp3) is 0.357. The average molecular weight is 337 g/mol. The molecule has 20 heavy (non-hydrogen) atoms. The Kier molecular flexibility index (Phi) is 4.23. The Labute approximate surface area is 126 Å². The lowest BCUT2D eigenvalue weighted by molar-refractivity contribution is 0.811. The van der Waals surface area contributed by atoms with Gasteiger partial charge in [0.1, 0.15) is 10.4 Å². The molecule has 1 unspecified atom stereocenters. The third kappa shape index (κ3) is 3.07. The van der Waals surface area contributed by atoms with Gasteiger partial charge >= 0.3 is 0 Å². The van der Waals surface area contributed by atoms with E-state index in [1.807, 2.05) is 32.9 Å². The maximum absolute atomic E-state index is 12.1. The molecule has 106 valence electrons. The molecule has 2 rings (SSSR count). The summed E-state index contributed by atoms with van der Waals surface area (Å²) in [5, 5.41) is 3.31. The maximum Gasteiger partial charge on any atom is 0.256 e. The molecule has 6 heteroatoms. The highest BCUT2D eigenvalue weighted by atomic mass is 79.9. The molecule has 0 spiro atoms. The summed E-state index contributed by atoms with van der Waals surface area (Å²) < 4.78 is 0.791. The topological polar surface area (TPSA) is 70.7 Å². The zero-order valence-corrected chi connectivity index (χ0v) is 13.5. The fourth-order valence-corrected chi connectivity index (χ4v) is 2.63. The summed E-state index contributed by atoms with van der Waals surface area (Å²) in [5.74, 6) is 0.630. The number of pyridine rings is 1. The SMILES string of the molecule is Cc1nc(C)c(C(C)Nc2ccc(Br)nc2C)c(=O)[nH]1. The number of H-pyrrole nitrogens is 1. The number of rotatable bonds is 3. The molecule has 0 aromatic carbocycles. The van der Waals surface area contributed by atoms with Crippen LogP contribution < -0.4 is 10.9 Å². The number of halogens is 1. The normalized spacial score (nSPS) is 12.2. The van der Waals surface area contributed by atoms with Crippen LogP contribution >= 0.6 is 15.9 Å². The lowest BCUT2D eigenvalue weighted by Gasteiger charge is -2.18. The molecule has 0 amide bonds. The van der Waals surface area contributed by atoms with E-state index in [9.17, 15) is 4.79 Å². The van der Waals surface area contributed by atoms with Gasteiger partial charge in [0.05, 0.1) is 28.7 Å². The second-order valence-electron chi connectivity index (χ2n) is 4.78. The average Bonchev–Trinajstić information content (AvgIpc) is 2.31. The summed E-state index contributed by atoms with van der Waals surface area (Å²) in [7, 11) is 0. The Bertz CT molecular complexity index is 696. The molecule has 2 N–H and O–H groups in total. The van der Waals surface area contributed by atoms with E-state index >= 15 is 0 Å². The summed E-state index contributed by atoms with van der Waals surface area (Å²) in [4.78, 5) is 23.5. The van der Waals surface area contributed by atoms with Crippen LogP contribution in [0.4, 0.5) is 5.69 Å². The smallest absolute Gasteiger partial charge is 0.256 e. The summed E-state index contributed by atoms with van der Waals surface area (Å²) >= 11 is 3.33. The predicted octanol–water partition coefficient (Wildman–Crippen LogP) is 3.03. The number of anilines is 1. The molecule has 0 saturated heterocycles. The van der Waals surface area contributed by atoms with E-state index in [1.54, 1.807) is 6.92 Å². The van der Waals surface area contributed by atoms with E-state index in [4.69, 9.17) is 0 Å². The van der Waals surface area contributed by atoms with Crippen molar-refractivity contribution in [1.82, 2.24) is 15.0 Å². The highest BCUT2D eigenvalue weighted by Gasteiger charge is 2.15. The van der Waals surface area contributed by atoms with Crippen molar-refractivity contribution in [3.63, 3.8) is 0 Å². The van der Waals surface area contributed by atoms with Gasteiger partial charge in [0.25, 0.3) is 5.56 Å². The van der Waals surface area contributed by atoms with Crippen LogP contribution in [-0.4, -0.2) is 15.0 Å². The molecule has 0 saturated carbocycles. The number of aromatic nitrogens is 3. The monoisotopic (exact) mass is 336 g/mol. The van der Waals surface area contributed by atoms with Crippen molar-refractivity contribution < 1.29 is 0 Å². The van der Waals surface area contributed by atoms with E-state index in [-0.39, 0.29) is 11.6 Å². The van der Waals surface area contributed by atoms with Crippen molar-refractivity contribution >= 4 is 21.6 Å². The first-order chi connectivity index (χ1) is 9.38. The van der Waals surface area contributed by atoms with Gasteiger partial charge in [-0.25, -0.2) is 9.97 Å². The predicted molar refractivity (Wildman–Crippen MR) is 83.0 cm³/mol. The summed E-state index contributed by atoms with van der Waals surface area (Å²) in [6, 6.07) is 3.66. The number of hydrogen-bond acceptors (Lipinski definition) is 4. The number of nitrogens with zero attached hydrogens (tertiary/aromatic N) is 2. The van der Waals surface area contributed by atoms with E-state index in [1.165, 1.54) is 0 Å². The molecule has 1 atom stereocenters. The van der Waals surface area contributed by atoms with E-state index in [0.717, 1.165) is 21.7 Å². The minimum Gasteiger partial charge on any atom is -0.377 e. The van der Waals surface area contributed by atoms with Crippen LogP contribution in [0.3, 0.4) is 0 Å². The number of aryl methyl sites for hydroxylation is 3. The van der Waals surface area contributed by atoms with Gasteiger partial charge in [-0.3, -0.25) is 4.79 Å². The molecular formula is C14H17BrN4O. The van der Waals surface area contributed by atoms with Gasteiger partial charge in [-0.15, -0.1) is 0 Å². The summed E-state index contributed by atoms with van der Waals surface area (Å²) in [6.45, 7) is 7.49. The van der Waals surface area contributed by atoms with Crippen LogP contribution in [0.5, 0.6) is 0 Å². The third-order valence-corrected chi connectivity index (χ3v) is 3.56. The first-order valence-corrected chi connectivity index (χ1v) is 7.15. The molecule has 0 aliphatic rings. The van der Waals surface area contributed by atoms with Crippen LogP contribution in [0.1, 0.15) is 35.7 Å². The second-order valence-corrected chi connectivity index (χ2v) is 5.60. The van der Waals surface area contributed by atoms with Gasteiger partial charge in [0.15, 0.2) is 0 Å². The Morgan fingerprint density at radius 1 is 1.20 bits per heavy atom. The summed E-state index contributed by atoms with van der Waals surface area (Å²) in [5.41, 5.74) is 3.07. The number of aromatic amines is 1. The molecular weight excluding hydrogens is 320 g/mol. The molecule has 0 aliphatic heterocycles. The summed E-state index contributed by atoms with van der Waals surface area (Å²) in [6.07, 6.45) is 0. The molecule has 2 aromatic heterocycles. The van der Waals surface area contributed by atoms with Crippen LogP contribution in [0.2, 0.25) is 0 Å². The maximum atomic E-state index is 12.1. The molecule has 2 heterocycles. The van der Waals surface area contributed by atoms with Crippen LogP contribution in [-0.2, 0) is 0 Å². The van der Waals surface area contributed by atoms with E-state index in [0.29, 0.717) is 11.4 Å². The zero-order chi connectivity index (χ0) is 14.9. The number of hydrogen-bond donors (Lipinski definition) is 2. The fourth-order valence-electron chi connectivity index (χ4n) is 2.23. The molecule has 2 aromatic rings. The Balaban J connectivity index is 2.33. The molecule has 0 bridgehead atoms. The zero-order valence-electron chi connectivity index (χ0n) is 11.9. The van der Waals surface area contributed by atoms with Gasteiger partial charge in [-0.1, -0.05) is 0 Å². The van der Waals surface area contributed by atoms with Gasteiger partial charge in [0.2, 0.25) is 0 Å². The molecule has 0 radical (unpaired) electrons. The van der Waals surface area contributed by atoms with Crippen LogP contribution in [0.15, 0.2) is 21.5 Å². The minimum atomic E-state index is -0.145. The molecule has 5 nitrogen and oxygen atoms in total. The second kappa shape index (κ2) is 5.75. The van der Waals surface area contributed by atoms with Crippen molar-refractivity contribution in [3.8, 4) is 0 Å². The van der Waals surface area contributed by atoms with Gasteiger partial charge in [0, 0.05) is 0 Å². The van der Waals surface area contributed by atoms with Crippen molar-refractivity contribution in [1.29, 1.82) is 0 Å². The lowest BCUT2D eigenvalue weighted by atomic mass is 10.1. The van der Waals surface area contributed by atoms with Gasteiger partial charge < -0.3 is 10.3 Å². The molecule has 0 aliphatic carbocycles.